The lowest BCUT2D eigenvalue weighted by molar-refractivity contribution is 0.0697. The summed E-state index contributed by atoms with van der Waals surface area (Å²) in [5, 5.41) is 8.71. The molecule has 0 aliphatic heterocycles. The highest BCUT2D eigenvalue weighted by Gasteiger charge is 2.06. The van der Waals surface area contributed by atoms with E-state index in [2.05, 4.69) is 6.58 Å². The molecule has 15 heavy (non-hydrogen) atoms. The van der Waals surface area contributed by atoms with Crippen molar-refractivity contribution in [3.63, 3.8) is 0 Å². The van der Waals surface area contributed by atoms with E-state index in [1.165, 1.54) is 0 Å². The molecule has 0 fully saturated rings. The van der Waals surface area contributed by atoms with Gasteiger partial charge in [0.05, 0.1) is 5.56 Å². The summed E-state index contributed by atoms with van der Waals surface area (Å²) in [6, 6.07) is 6.62. The van der Waals surface area contributed by atoms with Gasteiger partial charge in [-0.3, -0.25) is 0 Å². The molecule has 0 bridgehead atoms. The maximum atomic E-state index is 10.6. The van der Waals surface area contributed by atoms with E-state index < -0.39 is 5.97 Å². The van der Waals surface area contributed by atoms with Crippen LogP contribution < -0.4 is 5.73 Å². The molecular formula is C12H15NO2. The predicted octanol–water partition coefficient (Wildman–Crippen LogP) is 2.35. The van der Waals surface area contributed by atoms with E-state index in [1.54, 1.807) is 24.3 Å². The third kappa shape index (κ3) is 3.22. The van der Waals surface area contributed by atoms with Gasteiger partial charge in [0.25, 0.3) is 0 Å². The minimum absolute atomic E-state index is 0.0501. The van der Waals surface area contributed by atoms with E-state index in [1.807, 2.05) is 6.08 Å². The van der Waals surface area contributed by atoms with Gasteiger partial charge in [-0.05, 0) is 30.5 Å². The number of carboxylic acid groups (broad SMARTS) is 1. The van der Waals surface area contributed by atoms with Crippen molar-refractivity contribution >= 4 is 5.97 Å². The van der Waals surface area contributed by atoms with Crippen LogP contribution in [0.5, 0.6) is 0 Å². The average molecular weight is 205 g/mol. The van der Waals surface area contributed by atoms with Gasteiger partial charge < -0.3 is 10.8 Å². The van der Waals surface area contributed by atoms with Crippen molar-refractivity contribution in [1.82, 2.24) is 0 Å². The van der Waals surface area contributed by atoms with Gasteiger partial charge >= 0.3 is 5.97 Å². The number of nitrogens with two attached hydrogens (primary N) is 1. The summed E-state index contributed by atoms with van der Waals surface area (Å²) in [6.07, 6.45) is 3.52. The molecule has 0 aliphatic carbocycles. The molecule has 0 spiro atoms. The fourth-order valence-corrected chi connectivity index (χ4v) is 1.34. The van der Waals surface area contributed by atoms with Gasteiger partial charge in [-0.2, -0.15) is 0 Å². The van der Waals surface area contributed by atoms with Crippen LogP contribution in [0.15, 0.2) is 36.9 Å². The lowest BCUT2D eigenvalue weighted by Gasteiger charge is -2.10. The SMILES string of the molecule is C=CCC[C@H](N)c1ccc(C(=O)O)cc1. The van der Waals surface area contributed by atoms with Crippen molar-refractivity contribution in [3.8, 4) is 0 Å². The van der Waals surface area contributed by atoms with E-state index in [0.717, 1.165) is 18.4 Å². The molecule has 3 nitrogen and oxygen atoms in total. The van der Waals surface area contributed by atoms with Crippen LogP contribution in [-0.2, 0) is 0 Å². The average Bonchev–Trinajstić information content (AvgIpc) is 2.26. The minimum Gasteiger partial charge on any atom is -0.478 e. The van der Waals surface area contributed by atoms with Crippen LogP contribution >= 0.6 is 0 Å². The van der Waals surface area contributed by atoms with Crippen molar-refractivity contribution in [2.24, 2.45) is 5.73 Å². The minimum atomic E-state index is -0.916. The summed E-state index contributed by atoms with van der Waals surface area (Å²) >= 11 is 0. The lowest BCUT2D eigenvalue weighted by atomic mass is 10.0. The van der Waals surface area contributed by atoms with Crippen LogP contribution in [0.1, 0.15) is 34.8 Å². The van der Waals surface area contributed by atoms with Crippen LogP contribution in [0.2, 0.25) is 0 Å². The van der Waals surface area contributed by atoms with Gasteiger partial charge in [0.1, 0.15) is 0 Å². The number of benzene rings is 1. The quantitative estimate of drug-likeness (QED) is 0.725. The highest BCUT2D eigenvalue weighted by molar-refractivity contribution is 5.87. The molecule has 80 valence electrons. The van der Waals surface area contributed by atoms with E-state index in [9.17, 15) is 4.79 Å². The van der Waals surface area contributed by atoms with Crippen LogP contribution in [-0.4, -0.2) is 11.1 Å². The second kappa shape index (κ2) is 5.32. The van der Waals surface area contributed by atoms with Gasteiger partial charge in [0.2, 0.25) is 0 Å². The molecule has 0 saturated carbocycles. The fraction of sp³-hybridized carbons (Fsp3) is 0.250. The van der Waals surface area contributed by atoms with Crippen molar-refractivity contribution in [2.75, 3.05) is 0 Å². The first kappa shape index (κ1) is 11.5. The third-order valence-electron chi connectivity index (χ3n) is 2.27. The fourth-order valence-electron chi connectivity index (χ4n) is 1.34. The third-order valence-corrected chi connectivity index (χ3v) is 2.27. The van der Waals surface area contributed by atoms with Gasteiger partial charge in [-0.25, -0.2) is 4.79 Å². The Bertz CT molecular complexity index is 343. The smallest absolute Gasteiger partial charge is 0.335 e. The summed E-state index contributed by atoms with van der Waals surface area (Å²) in [5.74, 6) is -0.916. The Balaban J connectivity index is 2.70. The maximum Gasteiger partial charge on any atom is 0.335 e. The molecule has 0 unspecified atom stereocenters. The van der Waals surface area contributed by atoms with Crippen LogP contribution in [0.4, 0.5) is 0 Å². The number of rotatable bonds is 5. The molecule has 3 N–H and O–H groups in total. The molecule has 3 heteroatoms. The predicted molar refractivity (Wildman–Crippen MR) is 59.8 cm³/mol. The highest BCUT2D eigenvalue weighted by Crippen LogP contribution is 2.16. The van der Waals surface area contributed by atoms with E-state index >= 15 is 0 Å². The monoisotopic (exact) mass is 205 g/mol. The van der Waals surface area contributed by atoms with Crippen LogP contribution in [0.3, 0.4) is 0 Å². The molecule has 0 aromatic heterocycles. The Morgan fingerprint density at radius 1 is 1.47 bits per heavy atom. The maximum absolute atomic E-state index is 10.6. The van der Waals surface area contributed by atoms with E-state index in [4.69, 9.17) is 10.8 Å². The number of hydrogen-bond acceptors (Lipinski definition) is 2. The van der Waals surface area contributed by atoms with Crippen molar-refractivity contribution < 1.29 is 9.90 Å². The molecule has 1 rings (SSSR count). The molecule has 0 amide bonds. The summed E-state index contributed by atoms with van der Waals surface area (Å²) in [5.41, 5.74) is 7.16. The van der Waals surface area contributed by atoms with Crippen molar-refractivity contribution in [3.05, 3.63) is 48.0 Å². The zero-order valence-corrected chi connectivity index (χ0v) is 8.52. The number of allylic oxidation sites excluding steroid dienone is 1. The normalized spacial score (nSPS) is 12.1. The molecule has 0 heterocycles. The Kier molecular flexibility index (Phi) is 4.06. The number of carbonyl (C=O) groups is 1. The lowest BCUT2D eigenvalue weighted by Crippen LogP contribution is -2.10. The molecular weight excluding hydrogens is 190 g/mol. The number of aromatic carboxylic acids is 1. The second-order valence-corrected chi connectivity index (χ2v) is 3.40. The molecule has 0 aliphatic rings. The van der Waals surface area contributed by atoms with Crippen molar-refractivity contribution in [2.45, 2.75) is 18.9 Å². The molecule has 0 saturated heterocycles. The summed E-state index contributed by atoms with van der Waals surface area (Å²) in [4.78, 5) is 10.6. The number of hydrogen-bond donors (Lipinski definition) is 2. The second-order valence-electron chi connectivity index (χ2n) is 3.40. The van der Waals surface area contributed by atoms with Crippen molar-refractivity contribution in [1.29, 1.82) is 0 Å². The Hall–Kier alpha value is -1.61. The summed E-state index contributed by atoms with van der Waals surface area (Å²) < 4.78 is 0. The Labute approximate surface area is 89.2 Å². The summed E-state index contributed by atoms with van der Waals surface area (Å²) in [7, 11) is 0. The first-order valence-electron chi connectivity index (χ1n) is 4.85. The molecule has 1 atom stereocenters. The molecule has 0 radical (unpaired) electrons. The number of carboxylic acids is 1. The van der Waals surface area contributed by atoms with Gasteiger partial charge in [0.15, 0.2) is 0 Å². The summed E-state index contributed by atoms with van der Waals surface area (Å²) in [6.45, 7) is 3.63. The van der Waals surface area contributed by atoms with Crippen LogP contribution in [0.25, 0.3) is 0 Å². The largest absolute Gasteiger partial charge is 0.478 e. The highest BCUT2D eigenvalue weighted by atomic mass is 16.4. The van der Waals surface area contributed by atoms with Crippen LogP contribution in [0, 0.1) is 0 Å². The Morgan fingerprint density at radius 3 is 2.53 bits per heavy atom. The Morgan fingerprint density at radius 2 is 2.07 bits per heavy atom. The molecule has 1 aromatic rings. The van der Waals surface area contributed by atoms with Gasteiger partial charge in [0, 0.05) is 6.04 Å². The topological polar surface area (TPSA) is 63.3 Å². The van der Waals surface area contributed by atoms with E-state index in [-0.39, 0.29) is 11.6 Å². The zero-order chi connectivity index (χ0) is 11.3. The first-order chi connectivity index (χ1) is 7.15. The van der Waals surface area contributed by atoms with Gasteiger partial charge in [-0.1, -0.05) is 18.2 Å². The first-order valence-corrected chi connectivity index (χ1v) is 4.85. The van der Waals surface area contributed by atoms with Gasteiger partial charge in [-0.15, -0.1) is 6.58 Å². The van der Waals surface area contributed by atoms with E-state index in [0.29, 0.717) is 0 Å². The standard InChI is InChI=1S/C12H15NO2/c1-2-3-4-11(13)9-5-7-10(8-6-9)12(14)15/h2,5-8,11H,1,3-4,13H2,(H,14,15)/t11-/m0/s1. The molecule has 1 aromatic carbocycles. The zero-order valence-electron chi connectivity index (χ0n) is 8.52.